The zero-order valence-electron chi connectivity index (χ0n) is 18.3. The van der Waals surface area contributed by atoms with Gasteiger partial charge in [-0.1, -0.05) is 24.3 Å². The standard InChI is InChI=1S/C24H27FN2O5S/c25-22-7-2-1-4-20(22)15-26-23(28)16-32-24(29)18-10-12-27(13-11-18)33(30,31)21-9-8-17-5-3-6-19(17)14-21/h1-2,4,7-9,14,18H,3,5-6,10-13,15-16H2,(H,26,28). The lowest BCUT2D eigenvalue weighted by atomic mass is 9.98. The lowest BCUT2D eigenvalue weighted by molar-refractivity contribution is -0.153. The largest absolute Gasteiger partial charge is 0.455 e. The van der Waals surface area contributed by atoms with Gasteiger partial charge < -0.3 is 10.1 Å². The van der Waals surface area contributed by atoms with Gasteiger partial charge in [0.05, 0.1) is 10.8 Å². The Bertz CT molecular complexity index is 1140. The van der Waals surface area contributed by atoms with E-state index in [1.165, 1.54) is 15.9 Å². The van der Waals surface area contributed by atoms with Crippen LogP contribution in [-0.2, 0) is 43.7 Å². The Labute approximate surface area is 193 Å². The molecule has 0 unspecified atom stereocenters. The number of nitrogens with zero attached hydrogens (tertiary/aromatic N) is 1. The number of amides is 1. The van der Waals surface area contributed by atoms with E-state index in [0.29, 0.717) is 23.3 Å². The number of carbonyl (C=O) groups is 2. The quantitative estimate of drug-likeness (QED) is 0.623. The average Bonchev–Trinajstić information content (AvgIpc) is 3.30. The van der Waals surface area contributed by atoms with Crippen LogP contribution < -0.4 is 5.32 Å². The van der Waals surface area contributed by atoms with Gasteiger partial charge in [0.2, 0.25) is 10.0 Å². The van der Waals surface area contributed by atoms with Gasteiger partial charge in [-0.15, -0.1) is 0 Å². The van der Waals surface area contributed by atoms with E-state index in [4.69, 9.17) is 4.74 Å². The van der Waals surface area contributed by atoms with Gasteiger partial charge in [0.1, 0.15) is 5.82 Å². The lowest BCUT2D eigenvalue weighted by Gasteiger charge is -2.30. The summed E-state index contributed by atoms with van der Waals surface area (Å²) in [5, 5.41) is 2.52. The summed E-state index contributed by atoms with van der Waals surface area (Å²) in [4.78, 5) is 24.6. The Morgan fingerprint density at radius 3 is 2.55 bits per heavy atom. The zero-order valence-corrected chi connectivity index (χ0v) is 19.1. The summed E-state index contributed by atoms with van der Waals surface area (Å²) in [7, 11) is -3.61. The summed E-state index contributed by atoms with van der Waals surface area (Å²) in [6.07, 6.45) is 3.61. The molecule has 176 valence electrons. The fourth-order valence-corrected chi connectivity index (χ4v) is 5.85. The number of fused-ring (bicyclic) bond motifs is 1. The molecule has 7 nitrogen and oxygen atoms in total. The van der Waals surface area contributed by atoms with E-state index in [1.54, 1.807) is 30.3 Å². The minimum atomic E-state index is -3.61. The molecule has 2 aliphatic rings. The second-order valence-corrected chi connectivity index (χ2v) is 10.4. The lowest BCUT2D eigenvalue weighted by Crippen LogP contribution is -2.41. The predicted octanol–water partition coefficient (Wildman–Crippen LogP) is 2.57. The Morgan fingerprint density at radius 1 is 1.06 bits per heavy atom. The number of piperidine rings is 1. The third-order valence-corrected chi connectivity index (χ3v) is 8.17. The molecule has 2 aromatic rings. The van der Waals surface area contributed by atoms with Crippen molar-refractivity contribution in [2.24, 2.45) is 5.92 Å². The van der Waals surface area contributed by atoms with Gasteiger partial charge >= 0.3 is 5.97 Å². The van der Waals surface area contributed by atoms with Crippen molar-refractivity contribution >= 4 is 21.9 Å². The maximum atomic E-state index is 13.6. The number of nitrogens with one attached hydrogen (secondary N) is 1. The van der Waals surface area contributed by atoms with E-state index in [9.17, 15) is 22.4 Å². The highest BCUT2D eigenvalue weighted by atomic mass is 32.2. The normalized spacial score (nSPS) is 16.9. The highest BCUT2D eigenvalue weighted by Crippen LogP contribution is 2.28. The van der Waals surface area contributed by atoms with Gasteiger partial charge in [-0.05, 0) is 61.4 Å². The first kappa shape index (κ1) is 23.4. The minimum Gasteiger partial charge on any atom is -0.455 e. The van der Waals surface area contributed by atoms with Crippen LogP contribution >= 0.6 is 0 Å². The van der Waals surface area contributed by atoms with E-state index in [1.807, 2.05) is 6.07 Å². The smallest absolute Gasteiger partial charge is 0.309 e. The van der Waals surface area contributed by atoms with Gasteiger partial charge in [0, 0.05) is 25.2 Å². The number of aryl methyl sites for hydroxylation is 2. The number of hydrogen-bond acceptors (Lipinski definition) is 5. The van der Waals surface area contributed by atoms with Crippen molar-refractivity contribution in [1.82, 2.24) is 9.62 Å². The molecule has 4 rings (SSSR count). The molecule has 2 aromatic carbocycles. The summed E-state index contributed by atoms with van der Waals surface area (Å²) in [6, 6.07) is 11.4. The molecule has 0 saturated carbocycles. The molecular weight excluding hydrogens is 447 g/mol. The van der Waals surface area contributed by atoms with E-state index in [2.05, 4.69) is 5.32 Å². The maximum Gasteiger partial charge on any atom is 0.309 e. The summed E-state index contributed by atoms with van der Waals surface area (Å²) < 4.78 is 46.2. The Kier molecular flexibility index (Phi) is 7.09. The SMILES string of the molecule is O=C(COC(=O)C1CCN(S(=O)(=O)c2ccc3c(c2)CCC3)CC1)NCc1ccccc1F. The molecule has 33 heavy (non-hydrogen) atoms. The first-order valence-electron chi connectivity index (χ1n) is 11.1. The van der Waals surface area contributed by atoms with E-state index < -0.39 is 40.2 Å². The number of esters is 1. The van der Waals surface area contributed by atoms with Crippen LogP contribution in [-0.4, -0.2) is 44.3 Å². The van der Waals surface area contributed by atoms with Gasteiger partial charge in [-0.2, -0.15) is 4.31 Å². The summed E-state index contributed by atoms with van der Waals surface area (Å²) in [5.74, 6) is -1.93. The average molecular weight is 475 g/mol. The van der Waals surface area contributed by atoms with Crippen LogP contribution in [0.4, 0.5) is 4.39 Å². The molecule has 0 bridgehead atoms. The highest BCUT2D eigenvalue weighted by Gasteiger charge is 2.33. The van der Waals surface area contributed by atoms with Crippen molar-refractivity contribution < 1.29 is 27.1 Å². The molecule has 1 aliphatic carbocycles. The zero-order chi connectivity index (χ0) is 23.4. The molecule has 1 amide bonds. The monoisotopic (exact) mass is 474 g/mol. The van der Waals surface area contributed by atoms with Crippen molar-refractivity contribution in [3.63, 3.8) is 0 Å². The van der Waals surface area contributed by atoms with Crippen LogP contribution in [0.5, 0.6) is 0 Å². The molecule has 0 radical (unpaired) electrons. The molecule has 0 atom stereocenters. The third kappa shape index (κ3) is 5.42. The van der Waals surface area contributed by atoms with Crippen LogP contribution in [0.3, 0.4) is 0 Å². The van der Waals surface area contributed by atoms with Gasteiger partial charge in [-0.25, -0.2) is 12.8 Å². The first-order chi connectivity index (χ1) is 15.8. The number of ether oxygens (including phenoxy) is 1. The fraction of sp³-hybridized carbons (Fsp3) is 0.417. The van der Waals surface area contributed by atoms with Crippen LogP contribution in [0.15, 0.2) is 47.4 Å². The van der Waals surface area contributed by atoms with Crippen LogP contribution in [0.2, 0.25) is 0 Å². The fourth-order valence-electron chi connectivity index (χ4n) is 4.33. The molecule has 1 aliphatic heterocycles. The topological polar surface area (TPSA) is 92.8 Å². The van der Waals surface area contributed by atoms with E-state index in [-0.39, 0.29) is 19.6 Å². The van der Waals surface area contributed by atoms with Crippen molar-refractivity contribution in [3.05, 3.63) is 65.0 Å². The van der Waals surface area contributed by atoms with Crippen LogP contribution in [0, 0.1) is 11.7 Å². The second kappa shape index (κ2) is 10.0. The number of halogens is 1. The minimum absolute atomic E-state index is 0.00198. The molecule has 0 aromatic heterocycles. The van der Waals surface area contributed by atoms with Crippen LogP contribution in [0.25, 0.3) is 0 Å². The maximum absolute atomic E-state index is 13.6. The Morgan fingerprint density at radius 2 is 1.79 bits per heavy atom. The number of hydrogen-bond donors (Lipinski definition) is 1. The molecule has 1 N–H and O–H groups in total. The molecule has 1 saturated heterocycles. The molecule has 1 fully saturated rings. The van der Waals surface area contributed by atoms with Gasteiger partial charge in [0.25, 0.3) is 5.91 Å². The van der Waals surface area contributed by atoms with Crippen molar-refractivity contribution in [2.45, 2.75) is 43.5 Å². The Hall–Kier alpha value is -2.78. The van der Waals surface area contributed by atoms with E-state index in [0.717, 1.165) is 24.8 Å². The summed E-state index contributed by atoms with van der Waals surface area (Å²) in [6.45, 7) is -0.0136. The second-order valence-electron chi connectivity index (χ2n) is 8.44. The Balaban J connectivity index is 1.24. The molecule has 9 heteroatoms. The van der Waals surface area contributed by atoms with Crippen molar-refractivity contribution in [3.8, 4) is 0 Å². The van der Waals surface area contributed by atoms with Gasteiger partial charge in [0.15, 0.2) is 6.61 Å². The third-order valence-electron chi connectivity index (χ3n) is 6.27. The summed E-state index contributed by atoms with van der Waals surface area (Å²) in [5.41, 5.74) is 2.66. The molecular formula is C24H27FN2O5S. The first-order valence-corrected chi connectivity index (χ1v) is 12.6. The van der Waals surface area contributed by atoms with Crippen molar-refractivity contribution in [2.75, 3.05) is 19.7 Å². The van der Waals surface area contributed by atoms with Gasteiger partial charge in [-0.3, -0.25) is 9.59 Å². The summed E-state index contributed by atoms with van der Waals surface area (Å²) >= 11 is 0. The highest BCUT2D eigenvalue weighted by molar-refractivity contribution is 7.89. The predicted molar refractivity (Wildman–Crippen MR) is 119 cm³/mol. The van der Waals surface area contributed by atoms with E-state index >= 15 is 0 Å². The number of rotatable bonds is 7. The molecule has 1 heterocycles. The van der Waals surface area contributed by atoms with Crippen LogP contribution in [0.1, 0.15) is 36.0 Å². The number of benzene rings is 2. The molecule has 0 spiro atoms. The number of sulfonamides is 1. The van der Waals surface area contributed by atoms with Crippen molar-refractivity contribution in [1.29, 1.82) is 0 Å². The number of carbonyl (C=O) groups excluding carboxylic acids is 2.